The summed E-state index contributed by atoms with van der Waals surface area (Å²) in [7, 11) is 0. The molecule has 0 radical (unpaired) electrons. The monoisotopic (exact) mass is 371 g/mol. The maximum absolute atomic E-state index is 12.6. The van der Waals surface area contributed by atoms with Crippen molar-refractivity contribution < 1.29 is 4.79 Å². The topological polar surface area (TPSA) is 20.3 Å². The molecule has 3 heteroatoms. The van der Waals surface area contributed by atoms with E-state index in [1.54, 1.807) is 0 Å². The lowest BCUT2D eigenvalue weighted by Crippen LogP contribution is -2.32. The number of nitrogens with zero attached hydrogens (tertiary/aromatic N) is 1. The van der Waals surface area contributed by atoms with Crippen LogP contribution in [0.4, 0.5) is 0 Å². The summed E-state index contributed by atoms with van der Waals surface area (Å²) in [5.74, 6) is 1.03. The molecule has 19 heavy (non-hydrogen) atoms. The third-order valence-corrected chi connectivity index (χ3v) is 4.88. The van der Waals surface area contributed by atoms with Crippen LogP contribution in [0.1, 0.15) is 49.4 Å². The van der Waals surface area contributed by atoms with E-state index in [9.17, 15) is 4.79 Å². The molecule has 1 amide bonds. The molecule has 2 nitrogen and oxygen atoms in total. The molecule has 0 N–H and O–H groups in total. The van der Waals surface area contributed by atoms with Gasteiger partial charge < -0.3 is 4.90 Å². The quantitative estimate of drug-likeness (QED) is 0.725. The first-order valence-corrected chi connectivity index (χ1v) is 8.34. The maximum atomic E-state index is 12.6. The molecule has 104 valence electrons. The van der Waals surface area contributed by atoms with Crippen LogP contribution >= 0.6 is 22.6 Å². The summed E-state index contributed by atoms with van der Waals surface area (Å²) in [5.41, 5.74) is 0.858. The fourth-order valence-corrected chi connectivity index (χ4v) is 3.49. The van der Waals surface area contributed by atoms with E-state index in [2.05, 4.69) is 29.5 Å². The number of amides is 1. The van der Waals surface area contributed by atoms with E-state index in [0.29, 0.717) is 0 Å². The van der Waals surface area contributed by atoms with Crippen molar-refractivity contribution in [3.63, 3.8) is 0 Å². The molecule has 1 aromatic carbocycles. The molecule has 0 aromatic heterocycles. The van der Waals surface area contributed by atoms with Crippen molar-refractivity contribution in [2.24, 2.45) is 5.92 Å². The molecule has 0 bridgehead atoms. The van der Waals surface area contributed by atoms with E-state index in [1.807, 2.05) is 29.2 Å². The molecule has 1 aliphatic rings. The molecular weight excluding hydrogens is 349 g/mol. The van der Waals surface area contributed by atoms with Crippen LogP contribution in [-0.4, -0.2) is 23.9 Å². The number of rotatable bonds is 3. The van der Waals surface area contributed by atoms with Gasteiger partial charge in [-0.05, 0) is 59.9 Å². The highest BCUT2D eigenvalue weighted by Gasteiger charge is 2.22. The molecule has 1 atom stereocenters. The first-order chi connectivity index (χ1) is 9.22. The zero-order valence-corrected chi connectivity index (χ0v) is 13.7. The summed E-state index contributed by atoms with van der Waals surface area (Å²) < 4.78 is 1.06. The molecular formula is C16H22INO. The molecule has 1 saturated heterocycles. The van der Waals surface area contributed by atoms with Crippen LogP contribution in [0.5, 0.6) is 0 Å². The van der Waals surface area contributed by atoms with E-state index in [1.165, 1.54) is 25.7 Å². The van der Waals surface area contributed by atoms with Gasteiger partial charge in [-0.3, -0.25) is 4.79 Å². The van der Waals surface area contributed by atoms with Crippen LogP contribution in [0, 0.1) is 9.49 Å². The lowest BCUT2D eigenvalue weighted by molar-refractivity contribution is 0.0759. The third kappa shape index (κ3) is 3.94. The van der Waals surface area contributed by atoms with Crippen molar-refractivity contribution in [3.8, 4) is 0 Å². The first-order valence-electron chi connectivity index (χ1n) is 7.26. The standard InChI is InChI=1S/C16H22INO/c1-2-6-13-7-5-11-18(12-10-13)16(19)14-8-3-4-9-15(14)17/h3-4,8-9,13H,2,5-7,10-12H2,1H3. The van der Waals surface area contributed by atoms with Gasteiger partial charge in [0.05, 0.1) is 5.56 Å². The smallest absolute Gasteiger partial charge is 0.254 e. The molecule has 1 heterocycles. The molecule has 0 spiro atoms. The van der Waals surface area contributed by atoms with Crippen LogP contribution in [0.25, 0.3) is 0 Å². The minimum absolute atomic E-state index is 0.210. The van der Waals surface area contributed by atoms with Crippen LogP contribution < -0.4 is 0 Å². The van der Waals surface area contributed by atoms with Crippen molar-refractivity contribution >= 4 is 28.5 Å². The molecule has 0 saturated carbocycles. The van der Waals surface area contributed by atoms with Crippen LogP contribution in [-0.2, 0) is 0 Å². The number of benzene rings is 1. The van der Waals surface area contributed by atoms with Gasteiger partial charge in [-0.25, -0.2) is 0 Å². The lowest BCUT2D eigenvalue weighted by atomic mass is 9.96. The van der Waals surface area contributed by atoms with E-state index in [0.717, 1.165) is 34.6 Å². The Morgan fingerprint density at radius 3 is 2.84 bits per heavy atom. The highest BCUT2D eigenvalue weighted by atomic mass is 127. The number of carbonyl (C=O) groups excluding carboxylic acids is 1. The lowest BCUT2D eigenvalue weighted by Gasteiger charge is -2.21. The van der Waals surface area contributed by atoms with Crippen molar-refractivity contribution in [2.45, 2.75) is 39.0 Å². The Labute approximate surface area is 129 Å². The summed E-state index contributed by atoms with van der Waals surface area (Å²) in [6.45, 7) is 4.10. The van der Waals surface area contributed by atoms with Gasteiger partial charge in [0.2, 0.25) is 0 Å². The van der Waals surface area contributed by atoms with Gasteiger partial charge in [0.15, 0.2) is 0 Å². The van der Waals surface area contributed by atoms with Crippen LogP contribution in [0.2, 0.25) is 0 Å². The molecule has 1 aliphatic heterocycles. The number of halogens is 1. The first kappa shape index (κ1) is 14.8. The van der Waals surface area contributed by atoms with E-state index in [4.69, 9.17) is 0 Å². The predicted molar refractivity (Wildman–Crippen MR) is 87.3 cm³/mol. The van der Waals surface area contributed by atoms with Crippen molar-refractivity contribution in [2.75, 3.05) is 13.1 Å². The Hall–Kier alpha value is -0.580. The molecule has 1 aromatic rings. The number of hydrogen-bond acceptors (Lipinski definition) is 1. The van der Waals surface area contributed by atoms with Crippen LogP contribution in [0.15, 0.2) is 24.3 Å². The average molecular weight is 371 g/mol. The number of carbonyl (C=O) groups is 1. The Kier molecular flexibility index (Phi) is 5.67. The zero-order valence-electron chi connectivity index (χ0n) is 11.6. The summed E-state index contributed by atoms with van der Waals surface area (Å²) >= 11 is 2.25. The fourth-order valence-electron chi connectivity index (χ4n) is 2.87. The highest BCUT2D eigenvalue weighted by molar-refractivity contribution is 14.1. The Balaban J connectivity index is 2.02. The average Bonchev–Trinajstić information content (AvgIpc) is 2.65. The summed E-state index contributed by atoms with van der Waals surface area (Å²) in [6, 6.07) is 7.88. The SMILES string of the molecule is CCCC1CCCN(C(=O)c2ccccc2I)CC1. The molecule has 1 fully saturated rings. The van der Waals surface area contributed by atoms with Crippen LogP contribution in [0.3, 0.4) is 0 Å². The normalized spacial score (nSPS) is 20.1. The maximum Gasteiger partial charge on any atom is 0.254 e. The Morgan fingerprint density at radius 1 is 1.32 bits per heavy atom. The van der Waals surface area contributed by atoms with Gasteiger partial charge in [-0.2, -0.15) is 0 Å². The second kappa shape index (κ2) is 7.27. The summed E-state index contributed by atoms with van der Waals surface area (Å²) in [4.78, 5) is 14.6. The number of hydrogen-bond donors (Lipinski definition) is 0. The van der Waals surface area contributed by atoms with Crippen molar-refractivity contribution in [3.05, 3.63) is 33.4 Å². The van der Waals surface area contributed by atoms with E-state index < -0.39 is 0 Å². The second-order valence-corrected chi connectivity index (χ2v) is 6.52. The Bertz CT molecular complexity index is 433. The third-order valence-electron chi connectivity index (χ3n) is 3.94. The predicted octanol–water partition coefficient (Wildman–Crippen LogP) is 4.33. The van der Waals surface area contributed by atoms with Gasteiger partial charge in [0, 0.05) is 16.7 Å². The van der Waals surface area contributed by atoms with Gasteiger partial charge >= 0.3 is 0 Å². The van der Waals surface area contributed by atoms with Gasteiger partial charge in [0.1, 0.15) is 0 Å². The fraction of sp³-hybridized carbons (Fsp3) is 0.562. The molecule has 0 aliphatic carbocycles. The molecule has 1 unspecified atom stereocenters. The summed E-state index contributed by atoms with van der Waals surface area (Å²) in [6.07, 6.45) is 6.17. The summed E-state index contributed by atoms with van der Waals surface area (Å²) in [5, 5.41) is 0. The van der Waals surface area contributed by atoms with Crippen molar-refractivity contribution in [1.29, 1.82) is 0 Å². The largest absolute Gasteiger partial charge is 0.339 e. The van der Waals surface area contributed by atoms with Gasteiger partial charge in [-0.15, -0.1) is 0 Å². The van der Waals surface area contributed by atoms with Gasteiger partial charge in [-0.1, -0.05) is 31.9 Å². The van der Waals surface area contributed by atoms with E-state index >= 15 is 0 Å². The highest BCUT2D eigenvalue weighted by Crippen LogP contribution is 2.23. The number of likely N-dealkylation sites (tertiary alicyclic amines) is 1. The molecule has 2 rings (SSSR count). The van der Waals surface area contributed by atoms with Crippen molar-refractivity contribution in [1.82, 2.24) is 4.90 Å². The minimum Gasteiger partial charge on any atom is -0.339 e. The Morgan fingerprint density at radius 2 is 2.11 bits per heavy atom. The van der Waals surface area contributed by atoms with E-state index in [-0.39, 0.29) is 5.91 Å². The zero-order chi connectivity index (χ0) is 13.7. The van der Waals surface area contributed by atoms with Gasteiger partial charge in [0.25, 0.3) is 5.91 Å². The minimum atomic E-state index is 0.210. The second-order valence-electron chi connectivity index (χ2n) is 5.36.